The van der Waals surface area contributed by atoms with E-state index in [2.05, 4.69) is 4.18 Å². The first-order chi connectivity index (χ1) is 10.9. The van der Waals surface area contributed by atoms with Crippen LogP contribution in [0, 0.1) is 0 Å². The molecule has 3 nitrogen and oxygen atoms in total. The summed E-state index contributed by atoms with van der Waals surface area (Å²) in [6, 6.07) is 0. The van der Waals surface area contributed by atoms with Crippen molar-refractivity contribution in [3.05, 3.63) is 10.8 Å². The van der Waals surface area contributed by atoms with Crippen LogP contribution in [0.3, 0.4) is 0 Å². The van der Waals surface area contributed by atoms with Crippen LogP contribution in [0.25, 0.3) is 0 Å². The molecule has 0 aliphatic carbocycles. The molecule has 25 heavy (non-hydrogen) atoms. The predicted molar refractivity (Wildman–Crippen MR) is 88.8 cm³/mol. The Labute approximate surface area is 149 Å². The maximum atomic E-state index is 12.7. The first-order valence-corrected chi connectivity index (χ1v) is 11.9. The molecule has 0 radical (unpaired) electrons. The summed E-state index contributed by atoms with van der Waals surface area (Å²) in [5, 5.41) is -0.331. The quantitative estimate of drug-likeness (QED) is 0.159. The van der Waals surface area contributed by atoms with E-state index in [0.29, 0.717) is 5.41 Å². The van der Waals surface area contributed by atoms with Crippen LogP contribution in [0.4, 0.5) is 26.3 Å². The zero-order valence-corrected chi connectivity index (χ0v) is 17.3. The van der Waals surface area contributed by atoms with E-state index in [1.807, 2.05) is 0 Å². The second-order valence-corrected chi connectivity index (χ2v) is 14.7. The fourth-order valence-electron chi connectivity index (χ4n) is 3.33. The van der Waals surface area contributed by atoms with Crippen LogP contribution in [0.15, 0.2) is 10.8 Å². The number of thioether (sulfide) groups is 1. The van der Waals surface area contributed by atoms with Gasteiger partial charge in [-0.3, -0.25) is 0 Å². The predicted octanol–water partition coefficient (Wildman–Crippen LogP) is 6.17. The monoisotopic (exact) mass is 432 g/mol. The van der Waals surface area contributed by atoms with Gasteiger partial charge in [-0.05, 0) is 28.4 Å². The molecule has 0 aromatic rings. The highest BCUT2D eigenvalue weighted by Crippen LogP contribution is 2.49. The Morgan fingerprint density at radius 3 is 1.52 bits per heavy atom. The van der Waals surface area contributed by atoms with Gasteiger partial charge in [0.2, 0.25) is 0 Å². The topological polar surface area (TPSA) is 43.4 Å². The second kappa shape index (κ2) is 8.11. The minimum absolute atomic E-state index is 0.351. The van der Waals surface area contributed by atoms with Gasteiger partial charge in [0.05, 0.1) is 0 Å². The molecule has 0 aliphatic rings. The first kappa shape index (κ1) is 24.6. The van der Waals surface area contributed by atoms with Crippen LogP contribution in [-0.4, -0.2) is 27.5 Å². The number of rotatable bonds is 7. The minimum atomic E-state index is -6.06. The zero-order chi connectivity index (χ0) is 20.4. The molecule has 150 valence electrons. The summed E-state index contributed by atoms with van der Waals surface area (Å²) in [7, 11) is -9.27. The fraction of sp³-hybridized carbons (Fsp3) is 0.846. The molecule has 0 bridgehead atoms. The average Bonchev–Trinajstić information content (AvgIpc) is 2.32. The number of hydrogen-bond donors (Lipinski definition) is 0. The third-order valence-electron chi connectivity index (χ3n) is 4.08. The van der Waals surface area contributed by atoms with Gasteiger partial charge in [-0.1, -0.05) is 41.5 Å². The molecule has 0 amide bonds. The molecule has 0 saturated carbocycles. The Balaban J connectivity index is 6.47. The molecule has 0 heterocycles. The SMILES string of the molecule is CC(C)[Si](/C(=C/SC(F)(F)F)OS(=O)(=O)C(F)(F)F)(C(C)C)C(C)C. The molecule has 0 aromatic carbocycles. The van der Waals surface area contributed by atoms with Gasteiger partial charge in [-0.25, -0.2) is 0 Å². The Morgan fingerprint density at radius 2 is 1.28 bits per heavy atom. The Morgan fingerprint density at radius 1 is 0.920 bits per heavy atom. The van der Waals surface area contributed by atoms with Crippen molar-refractivity contribution in [1.82, 2.24) is 0 Å². The van der Waals surface area contributed by atoms with Crippen molar-refractivity contribution in [3.63, 3.8) is 0 Å². The van der Waals surface area contributed by atoms with Gasteiger partial charge in [0.1, 0.15) is 13.5 Å². The van der Waals surface area contributed by atoms with E-state index in [1.165, 1.54) is 0 Å². The van der Waals surface area contributed by atoms with Crippen LogP contribution in [-0.2, 0) is 14.3 Å². The molecular weight excluding hydrogens is 410 g/mol. The van der Waals surface area contributed by atoms with Crippen LogP contribution >= 0.6 is 11.8 Å². The average molecular weight is 433 g/mol. The lowest BCUT2D eigenvalue weighted by Gasteiger charge is -2.43. The summed E-state index contributed by atoms with van der Waals surface area (Å²) in [5.41, 5.74) is -11.6. The molecule has 0 saturated heterocycles. The summed E-state index contributed by atoms with van der Waals surface area (Å²) in [6.45, 7) is 9.93. The maximum absolute atomic E-state index is 12.7. The highest BCUT2D eigenvalue weighted by molar-refractivity contribution is 8.03. The lowest BCUT2D eigenvalue weighted by molar-refractivity contribution is -0.0518. The van der Waals surface area contributed by atoms with E-state index in [0.717, 1.165) is 0 Å². The van der Waals surface area contributed by atoms with Crippen LogP contribution in [0.1, 0.15) is 41.5 Å². The highest BCUT2D eigenvalue weighted by Gasteiger charge is 2.54. The zero-order valence-electron chi connectivity index (χ0n) is 14.6. The second-order valence-electron chi connectivity index (χ2n) is 6.43. The van der Waals surface area contributed by atoms with E-state index < -0.39 is 46.4 Å². The van der Waals surface area contributed by atoms with Gasteiger partial charge >= 0.3 is 21.1 Å². The summed E-state index contributed by atoms with van der Waals surface area (Å²) in [4.78, 5) is 0. The Kier molecular flexibility index (Phi) is 8.00. The first-order valence-electron chi connectivity index (χ1n) is 7.35. The Bertz CT molecular complexity index is 558. The summed E-state index contributed by atoms with van der Waals surface area (Å²) in [6.07, 6.45) is 0. The summed E-state index contributed by atoms with van der Waals surface area (Å²) >= 11 is -0.712. The molecule has 0 atom stereocenters. The third-order valence-corrected chi connectivity index (χ3v) is 12.8. The van der Waals surface area contributed by atoms with Gasteiger partial charge in [0.15, 0.2) is 0 Å². The fourth-order valence-corrected chi connectivity index (χ4v) is 11.7. The third kappa shape index (κ3) is 5.81. The molecular formula is C13H22F6O3S2Si. The van der Waals surface area contributed by atoms with Crippen LogP contribution in [0.2, 0.25) is 16.6 Å². The van der Waals surface area contributed by atoms with Crippen molar-refractivity contribution >= 4 is 30.0 Å². The smallest absolute Gasteiger partial charge is 0.385 e. The van der Waals surface area contributed by atoms with Crippen LogP contribution in [0.5, 0.6) is 0 Å². The largest absolute Gasteiger partial charge is 0.534 e. The van der Waals surface area contributed by atoms with E-state index >= 15 is 0 Å². The van der Waals surface area contributed by atoms with Crippen molar-refractivity contribution in [2.75, 3.05) is 0 Å². The van der Waals surface area contributed by atoms with E-state index in [-0.39, 0.29) is 16.6 Å². The number of alkyl halides is 6. The summed E-state index contributed by atoms with van der Waals surface area (Å²) < 4.78 is 103. The molecule has 0 unspecified atom stereocenters. The lowest BCUT2D eigenvalue weighted by Crippen LogP contribution is -2.48. The molecule has 12 heteroatoms. The van der Waals surface area contributed by atoms with Crippen molar-refractivity contribution < 1.29 is 38.9 Å². The Hall–Kier alpha value is -0.363. The molecule has 0 aliphatic heterocycles. The standard InChI is InChI=1S/C13H22F6O3S2Si/c1-8(2)25(9(3)4,10(5)6)11(7-23-12(14,15)16)22-24(20,21)13(17,18)19/h7-10H,1-6H3/b11-7+. The molecule has 0 N–H and O–H groups in total. The van der Waals surface area contributed by atoms with Crippen molar-refractivity contribution in [2.45, 2.75) is 69.2 Å². The number of halogens is 6. The van der Waals surface area contributed by atoms with Crippen LogP contribution < -0.4 is 0 Å². The van der Waals surface area contributed by atoms with Gasteiger partial charge in [-0.15, -0.1) is 0 Å². The molecule has 0 fully saturated rings. The molecule has 0 aromatic heterocycles. The van der Waals surface area contributed by atoms with Crippen molar-refractivity contribution in [1.29, 1.82) is 0 Å². The van der Waals surface area contributed by atoms with Gasteiger partial charge in [0.25, 0.3) is 0 Å². The van der Waals surface area contributed by atoms with Gasteiger partial charge in [0, 0.05) is 5.41 Å². The molecule has 0 rings (SSSR count). The number of hydrogen-bond acceptors (Lipinski definition) is 4. The highest BCUT2D eigenvalue weighted by atomic mass is 32.2. The van der Waals surface area contributed by atoms with Crippen molar-refractivity contribution in [2.24, 2.45) is 0 Å². The minimum Gasteiger partial charge on any atom is -0.385 e. The van der Waals surface area contributed by atoms with Gasteiger partial charge in [-0.2, -0.15) is 34.8 Å². The summed E-state index contributed by atoms with van der Waals surface area (Å²) in [5.74, 6) is 0. The van der Waals surface area contributed by atoms with E-state index in [1.54, 1.807) is 41.5 Å². The maximum Gasteiger partial charge on any atom is 0.534 e. The normalized spacial score (nSPS) is 15.4. The van der Waals surface area contributed by atoms with E-state index in [4.69, 9.17) is 0 Å². The van der Waals surface area contributed by atoms with Gasteiger partial charge < -0.3 is 4.18 Å². The molecule has 0 spiro atoms. The lowest BCUT2D eigenvalue weighted by atomic mass is 10.5. The van der Waals surface area contributed by atoms with E-state index in [9.17, 15) is 34.8 Å². The van der Waals surface area contributed by atoms with Crippen molar-refractivity contribution in [3.8, 4) is 0 Å².